The first kappa shape index (κ1) is 20.2. The molecule has 0 aliphatic heterocycles. The molecule has 1 heterocycles. The topological polar surface area (TPSA) is 78.0 Å². The van der Waals surface area contributed by atoms with Crippen LogP contribution in [0, 0.1) is 0 Å². The summed E-state index contributed by atoms with van der Waals surface area (Å²) in [4.78, 5) is -0.153. The number of allylic oxidation sites excluding steroid dienone is 4. The Morgan fingerprint density at radius 2 is 1.92 bits per heavy atom. The van der Waals surface area contributed by atoms with Gasteiger partial charge in [0.1, 0.15) is 0 Å². The second-order valence-electron chi connectivity index (χ2n) is 5.16. The van der Waals surface area contributed by atoms with Crippen LogP contribution in [0.5, 0.6) is 0 Å². The molecule has 0 aliphatic carbocycles. The van der Waals surface area contributed by atoms with Crippen LogP contribution in [0.3, 0.4) is 0 Å². The molecule has 0 unspecified atom stereocenters. The van der Waals surface area contributed by atoms with E-state index in [0.717, 1.165) is 10.7 Å². The zero-order valence-electron chi connectivity index (χ0n) is 13.5. The lowest BCUT2D eigenvalue weighted by atomic mass is 10.1. The summed E-state index contributed by atoms with van der Waals surface area (Å²) in [6, 6.07) is 5.98. The van der Waals surface area contributed by atoms with E-state index in [4.69, 9.17) is 16.7 Å². The van der Waals surface area contributed by atoms with Gasteiger partial charge < -0.3 is 0 Å². The Morgan fingerprint density at radius 3 is 2.38 bits per heavy atom. The molecule has 1 aromatic heterocycles. The van der Waals surface area contributed by atoms with E-state index in [1.165, 1.54) is 24.3 Å². The molecule has 0 amide bonds. The second kappa shape index (κ2) is 7.65. The molecule has 2 rings (SSSR count). The molecule has 0 saturated heterocycles. The van der Waals surface area contributed by atoms with E-state index >= 15 is 0 Å². The van der Waals surface area contributed by atoms with Crippen LogP contribution in [0.2, 0.25) is 0 Å². The highest BCUT2D eigenvalue weighted by Crippen LogP contribution is 2.32. The van der Waals surface area contributed by atoms with E-state index in [1.807, 2.05) is 0 Å². The average Bonchev–Trinajstić information content (AvgIpc) is 3.00. The molecule has 10 heteroatoms. The number of alkyl halides is 4. The fourth-order valence-electron chi connectivity index (χ4n) is 2.20. The summed E-state index contributed by atoms with van der Waals surface area (Å²) in [7, 11) is -3.91. The van der Waals surface area contributed by atoms with Gasteiger partial charge in [-0.2, -0.15) is 18.3 Å². The summed E-state index contributed by atoms with van der Waals surface area (Å²) < 4.78 is 63.1. The second-order valence-corrected chi connectivity index (χ2v) is 7.03. The molecule has 5 nitrogen and oxygen atoms in total. The predicted molar refractivity (Wildman–Crippen MR) is 93.5 cm³/mol. The van der Waals surface area contributed by atoms with Gasteiger partial charge in [0.25, 0.3) is 0 Å². The maximum absolute atomic E-state index is 13.1. The summed E-state index contributed by atoms with van der Waals surface area (Å²) in [5.74, 6) is 0.195. The molecular formula is C16H15ClF3N3O2S. The Kier molecular flexibility index (Phi) is 5.94. The van der Waals surface area contributed by atoms with E-state index < -0.39 is 21.9 Å². The number of benzene rings is 1. The molecule has 140 valence electrons. The Balaban J connectivity index is 2.63. The number of halogens is 4. The van der Waals surface area contributed by atoms with Crippen molar-refractivity contribution in [3.63, 3.8) is 0 Å². The Bertz CT molecular complexity index is 946. The normalized spacial score (nSPS) is 13.5. The fourth-order valence-corrected chi connectivity index (χ4v) is 2.80. The maximum atomic E-state index is 13.1. The quantitative estimate of drug-likeness (QED) is 0.608. The number of nitrogens with zero attached hydrogens (tertiary/aromatic N) is 2. The average molecular weight is 406 g/mol. The molecule has 1 aromatic carbocycles. The lowest BCUT2D eigenvalue weighted by molar-refractivity contribution is -0.141. The summed E-state index contributed by atoms with van der Waals surface area (Å²) >= 11 is 5.60. The van der Waals surface area contributed by atoms with Crippen LogP contribution < -0.4 is 5.14 Å². The van der Waals surface area contributed by atoms with Crippen LogP contribution in [-0.2, 0) is 16.2 Å². The molecule has 2 aromatic rings. The van der Waals surface area contributed by atoms with Crippen LogP contribution in [0.15, 0.2) is 53.5 Å². The highest BCUT2D eigenvalue weighted by Gasteiger charge is 2.35. The lowest BCUT2D eigenvalue weighted by Crippen LogP contribution is -2.12. The Labute approximate surface area is 153 Å². The van der Waals surface area contributed by atoms with E-state index in [2.05, 4.69) is 5.10 Å². The van der Waals surface area contributed by atoms with E-state index in [0.29, 0.717) is 5.57 Å². The number of hydrogen-bond acceptors (Lipinski definition) is 3. The summed E-state index contributed by atoms with van der Waals surface area (Å²) in [5, 5.41) is 8.66. The number of nitrogens with two attached hydrogens (primary N) is 1. The minimum Gasteiger partial charge on any atom is -0.233 e. The number of sulfonamides is 1. The SMILES string of the molecule is C/C=C(\C=C/CCl)c1cc(C(F)(F)F)nn1-c1ccc(S(N)(=O)=O)cc1. The summed E-state index contributed by atoms with van der Waals surface area (Å²) in [6.45, 7) is 1.67. The van der Waals surface area contributed by atoms with Gasteiger partial charge in [0.05, 0.1) is 16.3 Å². The monoisotopic (exact) mass is 405 g/mol. The maximum Gasteiger partial charge on any atom is 0.435 e. The molecule has 0 bridgehead atoms. The number of rotatable bonds is 5. The third kappa shape index (κ3) is 4.54. The van der Waals surface area contributed by atoms with Crippen LogP contribution in [0.1, 0.15) is 18.3 Å². The molecule has 26 heavy (non-hydrogen) atoms. The van der Waals surface area contributed by atoms with Gasteiger partial charge in [0.2, 0.25) is 10.0 Å². The molecule has 0 fully saturated rings. The highest BCUT2D eigenvalue weighted by molar-refractivity contribution is 7.89. The zero-order chi connectivity index (χ0) is 19.5. The molecule has 2 N–H and O–H groups in total. The van der Waals surface area contributed by atoms with E-state index in [9.17, 15) is 21.6 Å². The molecule has 0 aliphatic rings. The third-order valence-electron chi connectivity index (χ3n) is 3.40. The van der Waals surface area contributed by atoms with Gasteiger partial charge >= 0.3 is 6.18 Å². The number of aromatic nitrogens is 2. The molecule has 0 radical (unpaired) electrons. The molecule has 0 spiro atoms. The van der Waals surface area contributed by atoms with Crippen molar-refractivity contribution in [1.29, 1.82) is 0 Å². The first-order valence-corrected chi connectivity index (χ1v) is 9.35. The standard InChI is InChI=1S/C16H15ClF3N3O2S/c1-2-11(4-3-9-17)14-10-15(16(18,19)20)22-23(14)12-5-7-13(8-6-12)26(21,24)25/h2-8,10H,9H2,1H3,(H2,21,24,25)/b4-3-,11-2+. The van der Waals surface area contributed by atoms with Gasteiger partial charge in [-0.05, 0) is 42.8 Å². The molecular weight excluding hydrogens is 391 g/mol. The van der Waals surface area contributed by atoms with Crippen molar-refractivity contribution >= 4 is 27.2 Å². The fraction of sp³-hybridized carbons (Fsp3) is 0.188. The molecule has 0 saturated carbocycles. The van der Waals surface area contributed by atoms with Crippen LogP contribution >= 0.6 is 11.6 Å². The van der Waals surface area contributed by atoms with Crippen molar-refractivity contribution in [2.24, 2.45) is 5.14 Å². The highest BCUT2D eigenvalue weighted by atomic mass is 35.5. The van der Waals surface area contributed by atoms with Gasteiger partial charge in [-0.3, -0.25) is 0 Å². The predicted octanol–water partition coefficient (Wildman–Crippen LogP) is 3.74. The smallest absolute Gasteiger partial charge is 0.233 e. The minimum absolute atomic E-state index is 0.153. The van der Waals surface area contributed by atoms with Crippen molar-refractivity contribution in [2.45, 2.75) is 18.0 Å². The van der Waals surface area contributed by atoms with Crippen molar-refractivity contribution in [2.75, 3.05) is 5.88 Å². The third-order valence-corrected chi connectivity index (χ3v) is 4.51. The first-order valence-electron chi connectivity index (χ1n) is 7.27. The largest absolute Gasteiger partial charge is 0.435 e. The Hall–Kier alpha value is -2.10. The summed E-state index contributed by atoms with van der Waals surface area (Å²) in [5.41, 5.74) is -0.156. The number of primary sulfonamides is 1. The first-order chi connectivity index (χ1) is 12.1. The summed E-state index contributed by atoms with van der Waals surface area (Å²) in [6.07, 6.45) is 0.163. The van der Waals surface area contributed by atoms with Gasteiger partial charge in [0, 0.05) is 5.88 Å². The van der Waals surface area contributed by atoms with Gasteiger partial charge in [-0.15, -0.1) is 11.6 Å². The lowest BCUT2D eigenvalue weighted by Gasteiger charge is -2.09. The van der Waals surface area contributed by atoms with E-state index in [-0.39, 0.29) is 22.2 Å². The van der Waals surface area contributed by atoms with Crippen molar-refractivity contribution in [3.8, 4) is 5.69 Å². The van der Waals surface area contributed by atoms with Crippen LogP contribution in [-0.4, -0.2) is 24.1 Å². The minimum atomic E-state index is -4.63. The van der Waals surface area contributed by atoms with Crippen molar-refractivity contribution in [3.05, 3.63) is 59.9 Å². The van der Waals surface area contributed by atoms with Crippen molar-refractivity contribution < 1.29 is 21.6 Å². The van der Waals surface area contributed by atoms with Crippen LogP contribution in [0.4, 0.5) is 13.2 Å². The zero-order valence-corrected chi connectivity index (χ0v) is 15.1. The van der Waals surface area contributed by atoms with Gasteiger partial charge in [0.15, 0.2) is 5.69 Å². The molecule has 0 atom stereocenters. The van der Waals surface area contributed by atoms with Crippen LogP contribution in [0.25, 0.3) is 11.3 Å². The number of hydrogen-bond donors (Lipinski definition) is 1. The van der Waals surface area contributed by atoms with Gasteiger partial charge in [-0.1, -0.05) is 18.2 Å². The van der Waals surface area contributed by atoms with Gasteiger partial charge in [-0.25, -0.2) is 18.2 Å². The van der Waals surface area contributed by atoms with Crippen molar-refractivity contribution in [1.82, 2.24) is 9.78 Å². The Morgan fingerprint density at radius 1 is 1.31 bits per heavy atom. The van der Waals surface area contributed by atoms with E-state index in [1.54, 1.807) is 25.2 Å².